The van der Waals surface area contributed by atoms with Crippen LogP contribution in [0.15, 0.2) is 18.3 Å². The van der Waals surface area contributed by atoms with Crippen LogP contribution in [-0.4, -0.2) is 14.6 Å². The van der Waals surface area contributed by atoms with Crippen molar-refractivity contribution in [3.63, 3.8) is 0 Å². The van der Waals surface area contributed by atoms with Crippen LogP contribution in [-0.2, 0) is 0 Å². The van der Waals surface area contributed by atoms with Gasteiger partial charge in [-0.2, -0.15) is 5.10 Å². The van der Waals surface area contributed by atoms with E-state index in [4.69, 9.17) is 0 Å². The smallest absolute Gasteiger partial charge is 0.226 e. The first-order chi connectivity index (χ1) is 7.20. The Balaban J connectivity index is 0.000000531. The summed E-state index contributed by atoms with van der Waals surface area (Å²) < 4.78 is 26.1. The van der Waals surface area contributed by atoms with Gasteiger partial charge in [-0.05, 0) is 19.1 Å². The van der Waals surface area contributed by atoms with Gasteiger partial charge in [0.25, 0.3) is 6.43 Å². The fourth-order valence-electron chi connectivity index (χ4n) is 1.23. The van der Waals surface area contributed by atoms with Crippen LogP contribution in [0.3, 0.4) is 0 Å². The van der Waals surface area contributed by atoms with Gasteiger partial charge in [-0.25, -0.2) is 18.3 Å². The highest BCUT2D eigenvalue weighted by molar-refractivity contribution is 5.40. The Morgan fingerprint density at radius 2 is 2.00 bits per heavy atom. The fraction of sp³-hybridized carbons (Fsp3) is 0.400. The summed E-state index contributed by atoms with van der Waals surface area (Å²) in [7, 11) is 0. The van der Waals surface area contributed by atoms with E-state index in [0.717, 1.165) is 0 Å². The summed E-state index contributed by atoms with van der Waals surface area (Å²) in [6.07, 6.45) is -1.00. The zero-order valence-electron chi connectivity index (χ0n) is 8.91. The molecule has 0 radical (unpaired) electrons. The predicted octanol–water partition coefficient (Wildman–Crippen LogP) is 3.00. The average molecular weight is 213 g/mol. The summed E-state index contributed by atoms with van der Waals surface area (Å²) in [6.45, 7) is 5.58. The SMILES string of the molecule is CC.Cc1c(C(F)F)nc2cccnn12. The molecule has 0 fully saturated rings. The van der Waals surface area contributed by atoms with E-state index in [1.165, 1.54) is 10.7 Å². The standard InChI is InChI=1S/C8H7F2N3.C2H6/c1-5-7(8(9)10)12-6-3-2-4-11-13(5)6;1-2/h2-4,8H,1H3;1-2H3. The molecule has 0 unspecified atom stereocenters. The fourth-order valence-corrected chi connectivity index (χ4v) is 1.23. The lowest BCUT2D eigenvalue weighted by molar-refractivity contribution is 0.146. The van der Waals surface area contributed by atoms with Gasteiger partial charge in [-0.1, -0.05) is 13.8 Å². The first kappa shape index (κ1) is 11.6. The molecule has 0 N–H and O–H groups in total. The molecule has 0 aromatic carbocycles. The van der Waals surface area contributed by atoms with Crippen molar-refractivity contribution in [1.82, 2.24) is 14.6 Å². The van der Waals surface area contributed by atoms with Gasteiger partial charge in [0.05, 0.1) is 5.69 Å². The summed E-state index contributed by atoms with van der Waals surface area (Å²) >= 11 is 0. The molecule has 0 saturated heterocycles. The quantitative estimate of drug-likeness (QED) is 0.728. The number of hydrogen-bond donors (Lipinski definition) is 0. The lowest BCUT2D eigenvalue weighted by atomic mass is 10.4. The van der Waals surface area contributed by atoms with Gasteiger partial charge in [0.15, 0.2) is 5.65 Å². The molecule has 15 heavy (non-hydrogen) atoms. The van der Waals surface area contributed by atoms with Crippen molar-refractivity contribution >= 4 is 5.65 Å². The first-order valence-corrected chi connectivity index (χ1v) is 4.78. The Bertz CT molecular complexity index is 437. The van der Waals surface area contributed by atoms with Crippen molar-refractivity contribution in [3.05, 3.63) is 29.7 Å². The second-order valence-corrected chi connectivity index (χ2v) is 2.68. The van der Waals surface area contributed by atoms with Crippen molar-refractivity contribution in [1.29, 1.82) is 0 Å². The first-order valence-electron chi connectivity index (χ1n) is 4.78. The second-order valence-electron chi connectivity index (χ2n) is 2.68. The molecule has 0 saturated carbocycles. The van der Waals surface area contributed by atoms with Crippen LogP contribution in [0.2, 0.25) is 0 Å². The number of aromatic nitrogens is 3. The van der Waals surface area contributed by atoms with Crippen molar-refractivity contribution < 1.29 is 8.78 Å². The number of halogens is 2. The van der Waals surface area contributed by atoms with Crippen LogP contribution in [0.4, 0.5) is 8.78 Å². The van der Waals surface area contributed by atoms with E-state index in [1.807, 2.05) is 13.8 Å². The third-order valence-electron chi connectivity index (χ3n) is 1.86. The van der Waals surface area contributed by atoms with Gasteiger partial charge >= 0.3 is 0 Å². The van der Waals surface area contributed by atoms with E-state index in [0.29, 0.717) is 11.3 Å². The molecule has 2 rings (SSSR count). The topological polar surface area (TPSA) is 30.2 Å². The number of fused-ring (bicyclic) bond motifs is 1. The Labute approximate surface area is 86.8 Å². The molecule has 2 heterocycles. The molecule has 5 heteroatoms. The molecule has 0 spiro atoms. The predicted molar refractivity (Wildman–Crippen MR) is 54.0 cm³/mol. The zero-order chi connectivity index (χ0) is 11.4. The van der Waals surface area contributed by atoms with Crippen molar-refractivity contribution in [2.45, 2.75) is 27.2 Å². The minimum absolute atomic E-state index is 0.196. The van der Waals surface area contributed by atoms with E-state index >= 15 is 0 Å². The van der Waals surface area contributed by atoms with Gasteiger partial charge in [0, 0.05) is 6.20 Å². The van der Waals surface area contributed by atoms with Crippen molar-refractivity contribution in [2.75, 3.05) is 0 Å². The average Bonchev–Trinajstić information content (AvgIpc) is 2.60. The van der Waals surface area contributed by atoms with Crippen molar-refractivity contribution in [2.24, 2.45) is 0 Å². The van der Waals surface area contributed by atoms with E-state index in [-0.39, 0.29) is 5.69 Å². The van der Waals surface area contributed by atoms with E-state index < -0.39 is 6.43 Å². The van der Waals surface area contributed by atoms with Gasteiger partial charge < -0.3 is 0 Å². The maximum Gasteiger partial charge on any atom is 0.282 e. The van der Waals surface area contributed by atoms with Crippen LogP contribution < -0.4 is 0 Å². The normalized spacial score (nSPS) is 10.3. The second kappa shape index (κ2) is 4.82. The Kier molecular flexibility index (Phi) is 3.71. The van der Waals surface area contributed by atoms with E-state index in [9.17, 15) is 8.78 Å². The highest BCUT2D eigenvalue weighted by Crippen LogP contribution is 2.21. The molecule has 0 aliphatic carbocycles. The lowest BCUT2D eigenvalue weighted by Crippen LogP contribution is -1.93. The Morgan fingerprint density at radius 3 is 2.53 bits per heavy atom. The highest BCUT2D eigenvalue weighted by atomic mass is 19.3. The van der Waals surface area contributed by atoms with Gasteiger partial charge in [0.2, 0.25) is 0 Å². The van der Waals surface area contributed by atoms with Crippen LogP contribution in [0.25, 0.3) is 5.65 Å². The largest absolute Gasteiger partial charge is 0.282 e. The molecule has 2 aromatic heterocycles. The summed E-state index contributed by atoms with van der Waals surface area (Å²) in [5.41, 5.74) is 0.652. The number of rotatable bonds is 1. The van der Waals surface area contributed by atoms with Gasteiger partial charge in [-0.15, -0.1) is 0 Å². The van der Waals surface area contributed by atoms with Gasteiger partial charge in [0.1, 0.15) is 5.69 Å². The maximum absolute atomic E-state index is 12.4. The number of imidazole rings is 1. The summed E-state index contributed by atoms with van der Waals surface area (Å²) in [6, 6.07) is 3.31. The van der Waals surface area contributed by atoms with E-state index in [2.05, 4.69) is 10.1 Å². The molecular weight excluding hydrogens is 200 g/mol. The Morgan fingerprint density at radius 1 is 1.33 bits per heavy atom. The monoisotopic (exact) mass is 213 g/mol. The van der Waals surface area contributed by atoms with Crippen LogP contribution >= 0.6 is 0 Å². The third-order valence-corrected chi connectivity index (χ3v) is 1.86. The van der Waals surface area contributed by atoms with Crippen molar-refractivity contribution in [3.8, 4) is 0 Å². The molecule has 82 valence electrons. The third kappa shape index (κ3) is 2.11. The lowest BCUT2D eigenvalue weighted by Gasteiger charge is -1.94. The highest BCUT2D eigenvalue weighted by Gasteiger charge is 2.16. The molecule has 0 aliphatic heterocycles. The molecule has 0 bridgehead atoms. The summed E-state index contributed by atoms with van der Waals surface area (Å²) in [5.74, 6) is 0. The molecule has 0 amide bonds. The number of aryl methyl sites for hydroxylation is 1. The van der Waals surface area contributed by atoms with Crippen LogP contribution in [0, 0.1) is 6.92 Å². The molecule has 0 aliphatic rings. The van der Waals surface area contributed by atoms with Crippen LogP contribution in [0.1, 0.15) is 31.7 Å². The van der Waals surface area contributed by atoms with E-state index in [1.54, 1.807) is 19.1 Å². The van der Waals surface area contributed by atoms with Crippen LogP contribution in [0.5, 0.6) is 0 Å². The van der Waals surface area contributed by atoms with Gasteiger partial charge in [-0.3, -0.25) is 0 Å². The molecular formula is C10H13F2N3. The summed E-state index contributed by atoms with van der Waals surface area (Å²) in [4.78, 5) is 3.76. The molecule has 3 nitrogen and oxygen atoms in total. The minimum atomic E-state index is -2.54. The number of hydrogen-bond acceptors (Lipinski definition) is 2. The zero-order valence-corrected chi connectivity index (χ0v) is 8.91. The number of nitrogens with zero attached hydrogens (tertiary/aromatic N) is 3. The molecule has 0 atom stereocenters. The number of alkyl halides is 2. The summed E-state index contributed by atoms with van der Waals surface area (Å²) in [5, 5.41) is 3.90. The minimum Gasteiger partial charge on any atom is -0.226 e. The molecule has 2 aromatic rings. The maximum atomic E-state index is 12.4. The Hall–Kier alpha value is -1.52.